The van der Waals surface area contributed by atoms with Crippen LogP contribution >= 0.6 is 11.3 Å². The number of fused-ring (bicyclic) bond motifs is 1. The van der Waals surface area contributed by atoms with E-state index < -0.39 is 9.84 Å². The Morgan fingerprint density at radius 3 is 3.08 bits per heavy atom. The number of rotatable bonds is 5. The van der Waals surface area contributed by atoms with Crippen molar-refractivity contribution < 1.29 is 8.42 Å². The van der Waals surface area contributed by atoms with Gasteiger partial charge in [0.15, 0.2) is 15.8 Å². The average molecular weight is 385 g/mol. The van der Waals surface area contributed by atoms with Crippen LogP contribution in [0.25, 0.3) is 0 Å². The van der Waals surface area contributed by atoms with Gasteiger partial charge in [0.2, 0.25) is 0 Å². The highest BCUT2D eigenvalue weighted by Crippen LogP contribution is 2.25. The molecule has 1 aromatic rings. The monoisotopic (exact) mass is 384 g/mol. The summed E-state index contributed by atoms with van der Waals surface area (Å²) >= 11 is 1.86. The fraction of sp³-hybridized carbons (Fsp3) is 0.706. The Morgan fingerprint density at radius 2 is 2.36 bits per heavy atom. The molecule has 8 heteroatoms. The molecule has 0 saturated carbocycles. The number of nitrogens with zero attached hydrogens (tertiary/aromatic N) is 2. The molecule has 2 atom stereocenters. The Kier molecular flexibility index (Phi) is 6.01. The molecule has 0 aliphatic carbocycles. The topological polar surface area (TPSA) is 73.8 Å². The van der Waals surface area contributed by atoms with Crippen LogP contribution in [0.5, 0.6) is 0 Å². The van der Waals surface area contributed by atoms with Crippen molar-refractivity contribution in [1.82, 2.24) is 15.5 Å². The molecule has 0 bridgehead atoms. The van der Waals surface area contributed by atoms with Crippen LogP contribution in [0.3, 0.4) is 0 Å². The van der Waals surface area contributed by atoms with Crippen LogP contribution in [0.2, 0.25) is 0 Å². The van der Waals surface area contributed by atoms with Gasteiger partial charge in [0.1, 0.15) is 0 Å². The first-order valence-corrected chi connectivity index (χ1v) is 11.7. The van der Waals surface area contributed by atoms with Gasteiger partial charge in [0.25, 0.3) is 0 Å². The molecule has 3 rings (SSSR count). The van der Waals surface area contributed by atoms with Crippen LogP contribution in [0.1, 0.15) is 30.7 Å². The molecule has 2 aliphatic rings. The van der Waals surface area contributed by atoms with Crippen LogP contribution in [0.4, 0.5) is 0 Å². The first kappa shape index (κ1) is 18.7. The van der Waals surface area contributed by atoms with Crippen LogP contribution < -0.4 is 10.6 Å². The molecule has 1 aromatic heterocycles. The maximum absolute atomic E-state index is 11.6. The predicted octanol–water partition coefficient (Wildman–Crippen LogP) is 1.24. The van der Waals surface area contributed by atoms with Crippen molar-refractivity contribution in [2.45, 2.75) is 45.3 Å². The molecule has 6 nitrogen and oxygen atoms in total. The van der Waals surface area contributed by atoms with Gasteiger partial charge >= 0.3 is 0 Å². The number of nitrogens with one attached hydrogen (secondary N) is 2. The second-order valence-corrected chi connectivity index (χ2v) is 10.1. The standard InChI is InChI=1S/C17H28N4O2S2/c1-3-18-17(20-15-6-9-25(22,23)12-15)19-10-13(2)21-7-4-16-14(11-21)5-8-24-16/h5,8,13,15H,3-4,6-7,9-12H2,1-2H3,(H2,18,19,20). The number of thiophene rings is 1. The average Bonchev–Trinajstić information content (AvgIpc) is 3.17. The van der Waals surface area contributed by atoms with Gasteiger partial charge in [-0.15, -0.1) is 11.3 Å². The zero-order valence-corrected chi connectivity index (χ0v) is 16.6. The summed E-state index contributed by atoms with van der Waals surface area (Å²) in [7, 11) is -2.88. The molecule has 3 heterocycles. The summed E-state index contributed by atoms with van der Waals surface area (Å²) in [6.07, 6.45) is 1.79. The van der Waals surface area contributed by atoms with E-state index in [2.05, 4.69) is 33.9 Å². The molecule has 0 radical (unpaired) electrons. The number of guanidine groups is 1. The summed E-state index contributed by atoms with van der Waals surface area (Å²) < 4.78 is 23.3. The maximum atomic E-state index is 11.6. The van der Waals surface area contributed by atoms with E-state index in [1.54, 1.807) is 0 Å². The highest BCUT2D eigenvalue weighted by molar-refractivity contribution is 7.91. The van der Waals surface area contributed by atoms with Gasteiger partial charge in [-0.2, -0.15) is 0 Å². The molecule has 0 spiro atoms. The molecule has 0 amide bonds. The molecule has 25 heavy (non-hydrogen) atoms. The molecule has 2 unspecified atom stereocenters. The quantitative estimate of drug-likeness (QED) is 0.590. The summed E-state index contributed by atoms with van der Waals surface area (Å²) in [5, 5.41) is 8.70. The minimum absolute atomic E-state index is 0.0264. The Hall–Kier alpha value is -1.12. The largest absolute Gasteiger partial charge is 0.357 e. The summed E-state index contributed by atoms with van der Waals surface area (Å²) in [6.45, 7) is 7.78. The first-order valence-electron chi connectivity index (χ1n) is 9.01. The maximum Gasteiger partial charge on any atom is 0.191 e. The fourth-order valence-corrected chi connectivity index (χ4v) is 5.97. The fourth-order valence-electron chi connectivity index (χ4n) is 3.41. The van der Waals surface area contributed by atoms with Gasteiger partial charge in [-0.25, -0.2) is 8.42 Å². The summed E-state index contributed by atoms with van der Waals surface area (Å²) in [6, 6.07) is 2.56. The lowest BCUT2D eigenvalue weighted by Crippen LogP contribution is -2.45. The lowest BCUT2D eigenvalue weighted by Gasteiger charge is -2.31. The van der Waals surface area contributed by atoms with Crippen molar-refractivity contribution in [2.75, 3.05) is 31.1 Å². The Bertz CT molecular complexity index is 714. The van der Waals surface area contributed by atoms with E-state index in [-0.39, 0.29) is 17.5 Å². The Morgan fingerprint density at radius 1 is 1.52 bits per heavy atom. The third-order valence-corrected chi connectivity index (χ3v) is 7.68. The smallest absolute Gasteiger partial charge is 0.191 e. The number of hydrogen-bond donors (Lipinski definition) is 2. The van der Waals surface area contributed by atoms with E-state index in [9.17, 15) is 8.42 Å². The highest BCUT2D eigenvalue weighted by Gasteiger charge is 2.28. The summed E-state index contributed by atoms with van der Waals surface area (Å²) in [4.78, 5) is 8.70. The van der Waals surface area contributed by atoms with Gasteiger partial charge < -0.3 is 10.6 Å². The molecule has 1 fully saturated rings. The normalized spacial score (nSPS) is 24.7. The molecule has 0 aromatic carbocycles. The van der Waals surface area contributed by atoms with Crippen LogP contribution in [-0.2, 0) is 22.8 Å². The van der Waals surface area contributed by atoms with Gasteiger partial charge in [0.05, 0.1) is 18.1 Å². The molecular weight excluding hydrogens is 356 g/mol. The van der Waals surface area contributed by atoms with Crippen molar-refractivity contribution in [1.29, 1.82) is 0 Å². The van der Waals surface area contributed by atoms with E-state index in [0.717, 1.165) is 32.0 Å². The molecule has 2 aliphatic heterocycles. The predicted molar refractivity (Wildman–Crippen MR) is 104 cm³/mol. The van der Waals surface area contributed by atoms with Crippen molar-refractivity contribution >= 4 is 27.1 Å². The van der Waals surface area contributed by atoms with Gasteiger partial charge in [0, 0.05) is 36.6 Å². The molecule has 2 N–H and O–H groups in total. The lowest BCUT2D eigenvalue weighted by atomic mass is 10.1. The molecule has 140 valence electrons. The summed E-state index contributed by atoms with van der Waals surface area (Å²) in [5.41, 5.74) is 1.45. The van der Waals surface area contributed by atoms with E-state index in [1.807, 2.05) is 18.3 Å². The van der Waals surface area contributed by atoms with Crippen molar-refractivity contribution in [2.24, 2.45) is 4.99 Å². The van der Waals surface area contributed by atoms with Crippen molar-refractivity contribution in [3.63, 3.8) is 0 Å². The third kappa shape index (κ3) is 4.95. The molecular formula is C17H28N4O2S2. The SMILES string of the molecule is CCNC(=NCC(C)N1CCc2sccc2C1)NC1CCS(=O)(=O)C1. The minimum atomic E-state index is -2.88. The third-order valence-electron chi connectivity index (χ3n) is 4.89. The number of hydrogen-bond acceptors (Lipinski definition) is 5. The number of sulfone groups is 1. The highest BCUT2D eigenvalue weighted by atomic mass is 32.2. The first-order chi connectivity index (χ1) is 12.0. The Labute approximate surface area is 154 Å². The van der Waals surface area contributed by atoms with E-state index in [4.69, 9.17) is 4.99 Å². The zero-order chi connectivity index (χ0) is 17.9. The second-order valence-electron chi connectivity index (χ2n) is 6.90. The van der Waals surface area contributed by atoms with Crippen molar-refractivity contribution in [3.8, 4) is 0 Å². The van der Waals surface area contributed by atoms with Crippen LogP contribution in [0.15, 0.2) is 16.4 Å². The van der Waals surface area contributed by atoms with Crippen molar-refractivity contribution in [3.05, 3.63) is 21.9 Å². The van der Waals surface area contributed by atoms with E-state index in [1.165, 1.54) is 10.4 Å². The van der Waals surface area contributed by atoms with Gasteiger partial charge in [-0.1, -0.05) is 0 Å². The summed E-state index contributed by atoms with van der Waals surface area (Å²) in [5.74, 6) is 1.21. The lowest BCUT2D eigenvalue weighted by molar-refractivity contribution is 0.197. The second kappa shape index (κ2) is 8.05. The van der Waals surface area contributed by atoms with Crippen LogP contribution in [-0.4, -0.2) is 62.5 Å². The zero-order valence-electron chi connectivity index (χ0n) is 15.0. The molecule has 1 saturated heterocycles. The number of aliphatic imine (C=N–C) groups is 1. The van der Waals surface area contributed by atoms with Gasteiger partial charge in [-0.3, -0.25) is 9.89 Å². The minimum Gasteiger partial charge on any atom is -0.357 e. The Balaban J connectivity index is 1.56. The van der Waals surface area contributed by atoms with Crippen LogP contribution in [0, 0.1) is 0 Å². The van der Waals surface area contributed by atoms with E-state index >= 15 is 0 Å². The van der Waals surface area contributed by atoms with Gasteiger partial charge in [-0.05, 0) is 43.7 Å². The van der Waals surface area contributed by atoms with E-state index in [0.29, 0.717) is 19.0 Å².